The second-order valence-corrected chi connectivity index (χ2v) is 9.22. The minimum Gasteiger partial charge on any atom is -0.463 e. The number of hydrogen-bond acceptors (Lipinski definition) is 6. The molecule has 0 unspecified atom stereocenters. The average molecular weight is 481 g/mol. The highest BCUT2D eigenvalue weighted by Crippen LogP contribution is 2.26. The predicted octanol–water partition coefficient (Wildman–Crippen LogP) is 5.70. The van der Waals surface area contributed by atoms with Crippen LogP contribution in [0.15, 0.2) is 89.7 Å². The fraction of sp³-hybridized carbons (Fsp3) is 0.143. The molecule has 1 amide bonds. The van der Waals surface area contributed by atoms with Gasteiger partial charge >= 0.3 is 5.97 Å². The summed E-state index contributed by atoms with van der Waals surface area (Å²) in [7, 11) is 0. The fourth-order valence-corrected chi connectivity index (χ4v) is 3.73. The number of fused-ring (bicyclic) bond motifs is 1. The zero-order chi connectivity index (χ0) is 25.3. The summed E-state index contributed by atoms with van der Waals surface area (Å²) in [6.07, 6.45) is 3.22. The molecule has 0 saturated heterocycles. The van der Waals surface area contributed by atoms with Gasteiger partial charge in [-0.2, -0.15) is 4.79 Å². The van der Waals surface area contributed by atoms with E-state index in [0.29, 0.717) is 39.2 Å². The number of hydrogen-bond donors (Lipinski definition) is 1. The van der Waals surface area contributed by atoms with Crippen molar-refractivity contribution in [3.8, 4) is 22.7 Å². The SMILES string of the molecule is CC(C)(C)OC(=O)c1ccc(-c2cc(C(=O)Nn3ccc(-c4ccco4)n3)c3ccccc3n2)cc1. The van der Waals surface area contributed by atoms with Gasteiger partial charge in [0.05, 0.1) is 28.6 Å². The van der Waals surface area contributed by atoms with Crippen LogP contribution >= 0.6 is 0 Å². The molecular formula is C28H24N4O4. The molecule has 0 aliphatic rings. The molecule has 3 aromatic heterocycles. The molecule has 0 fully saturated rings. The van der Waals surface area contributed by atoms with Gasteiger partial charge in [-0.15, -0.1) is 5.10 Å². The summed E-state index contributed by atoms with van der Waals surface area (Å²) in [5, 5.41) is 5.07. The maximum absolute atomic E-state index is 13.3. The van der Waals surface area contributed by atoms with Crippen LogP contribution in [0.2, 0.25) is 0 Å². The van der Waals surface area contributed by atoms with Crippen molar-refractivity contribution in [1.82, 2.24) is 14.9 Å². The highest BCUT2D eigenvalue weighted by molar-refractivity contribution is 6.10. The maximum Gasteiger partial charge on any atom is 0.338 e. The summed E-state index contributed by atoms with van der Waals surface area (Å²) >= 11 is 0. The van der Waals surface area contributed by atoms with Crippen LogP contribution in [0.1, 0.15) is 41.5 Å². The molecule has 2 aromatic carbocycles. The minimum absolute atomic E-state index is 0.339. The number of aromatic nitrogens is 3. The first kappa shape index (κ1) is 23.0. The van der Waals surface area contributed by atoms with E-state index in [4.69, 9.17) is 14.1 Å². The largest absolute Gasteiger partial charge is 0.463 e. The van der Waals surface area contributed by atoms with Crippen molar-refractivity contribution in [3.05, 3.63) is 96.4 Å². The molecule has 5 aromatic rings. The number of pyridine rings is 1. The van der Waals surface area contributed by atoms with Crippen molar-refractivity contribution < 1.29 is 18.7 Å². The summed E-state index contributed by atoms with van der Waals surface area (Å²) < 4.78 is 10.8. The van der Waals surface area contributed by atoms with Crippen LogP contribution in [-0.4, -0.2) is 32.4 Å². The number of carbonyl (C=O) groups excluding carboxylic acids is 2. The third-order valence-corrected chi connectivity index (χ3v) is 5.35. The van der Waals surface area contributed by atoms with E-state index in [9.17, 15) is 9.59 Å². The highest BCUT2D eigenvalue weighted by atomic mass is 16.6. The molecule has 8 heteroatoms. The van der Waals surface area contributed by atoms with E-state index < -0.39 is 11.6 Å². The third kappa shape index (κ3) is 4.88. The van der Waals surface area contributed by atoms with Gasteiger partial charge in [0.1, 0.15) is 11.3 Å². The molecule has 0 atom stereocenters. The summed E-state index contributed by atoms with van der Waals surface area (Å²) in [4.78, 5) is 31.8. The molecule has 36 heavy (non-hydrogen) atoms. The summed E-state index contributed by atoms with van der Waals surface area (Å²) in [5.74, 6) is -0.127. The number of nitrogens with zero attached hydrogens (tertiary/aromatic N) is 3. The molecule has 5 rings (SSSR count). The Kier molecular flexibility index (Phi) is 5.85. The predicted molar refractivity (Wildman–Crippen MR) is 136 cm³/mol. The smallest absolute Gasteiger partial charge is 0.338 e. The molecule has 8 nitrogen and oxygen atoms in total. The second kappa shape index (κ2) is 9.14. The highest BCUT2D eigenvalue weighted by Gasteiger charge is 2.19. The van der Waals surface area contributed by atoms with Crippen LogP contribution < -0.4 is 5.43 Å². The van der Waals surface area contributed by atoms with Crippen molar-refractivity contribution in [2.75, 3.05) is 5.43 Å². The summed E-state index contributed by atoms with van der Waals surface area (Å²) in [6.45, 7) is 5.48. The number of benzene rings is 2. The van der Waals surface area contributed by atoms with Crippen molar-refractivity contribution in [1.29, 1.82) is 0 Å². The Morgan fingerprint density at radius 3 is 2.44 bits per heavy atom. The molecule has 3 heterocycles. The van der Waals surface area contributed by atoms with Crippen LogP contribution in [0, 0.1) is 0 Å². The molecule has 1 N–H and O–H groups in total. The van der Waals surface area contributed by atoms with Gasteiger partial charge in [0.25, 0.3) is 5.91 Å². The van der Waals surface area contributed by atoms with Crippen molar-refractivity contribution in [2.24, 2.45) is 0 Å². The third-order valence-electron chi connectivity index (χ3n) is 5.35. The zero-order valence-electron chi connectivity index (χ0n) is 20.1. The number of ether oxygens (including phenoxy) is 1. The quantitative estimate of drug-likeness (QED) is 0.324. The Labute approximate surface area is 207 Å². The number of amides is 1. The van der Waals surface area contributed by atoms with Gasteiger partial charge in [-0.1, -0.05) is 30.3 Å². The lowest BCUT2D eigenvalue weighted by molar-refractivity contribution is 0.00694. The number of carbonyl (C=O) groups is 2. The number of furan rings is 1. The molecule has 0 aliphatic carbocycles. The molecule has 0 radical (unpaired) electrons. The van der Waals surface area contributed by atoms with Crippen LogP contribution in [-0.2, 0) is 4.74 Å². The van der Waals surface area contributed by atoms with Crippen LogP contribution in [0.4, 0.5) is 0 Å². The van der Waals surface area contributed by atoms with E-state index in [1.807, 2.05) is 45.0 Å². The van der Waals surface area contributed by atoms with Crippen molar-refractivity contribution in [3.63, 3.8) is 0 Å². The lowest BCUT2D eigenvalue weighted by Gasteiger charge is -2.19. The van der Waals surface area contributed by atoms with Crippen LogP contribution in [0.5, 0.6) is 0 Å². The monoisotopic (exact) mass is 480 g/mol. The average Bonchev–Trinajstić information content (AvgIpc) is 3.55. The Bertz CT molecular complexity index is 1550. The van der Waals surface area contributed by atoms with E-state index in [1.54, 1.807) is 61.0 Å². The van der Waals surface area contributed by atoms with Crippen molar-refractivity contribution >= 4 is 22.8 Å². The molecule has 180 valence electrons. The normalized spacial score (nSPS) is 11.4. The van der Waals surface area contributed by atoms with Crippen LogP contribution in [0.25, 0.3) is 33.6 Å². The Morgan fingerprint density at radius 2 is 1.72 bits per heavy atom. The Morgan fingerprint density at radius 1 is 0.944 bits per heavy atom. The maximum atomic E-state index is 13.3. The fourth-order valence-electron chi connectivity index (χ4n) is 3.73. The van der Waals surface area contributed by atoms with Gasteiger partial charge in [0.2, 0.25) is 0 Å². The number of rotatable bonds is 5. The first-order chi connectivity index (χ1) is 17.3. The number of esters is 1. The molecule has 0 spiro atoms. The minimum atomic E-state index is -0.578. The summed E-state index contributed by atoms with van der Waals surface area (Å²) in [5.41, 5.74) is 5.75. The second-order valence-electron chi connectivity index (χ2n) is 9.22. The van der Waals surface area contributed by atoms with Crippen LogP contribution in [0.3, 0.4) is 0 Å². The van der Waals surface area contributed by atoms with E-state index in [0.717, 1.165) is 5.56 Å². The molecule has 0 saturated carbocycles. The zero-order valence-corrected chi connectivity index (χ0v) is 20.1. The van der Waals surface area contributed by atoms with Gasteiger partial charge in [-0.05, 0) is 63.2 Å². The topological polar surface area (TPSA) is 99.2 Å². The standard InChI is InChI=1S/C28H24N4O4/c1-28(2,3)36-27(34)19-12-10-18(11-13-19)24-17-21(20-7-4-5-8-22(20)29-24)26(33)31-32-15-14-23(30-32)25-9-6-16-35-25/h4-17H,1-3H3,(H,31,33). The van der Waals surface area contributed by atoms with E-state index in [2.05, 4.69) is 10.5 Å². The first-order valence-corrected chi connectivity index (χ1v) is 11.4. The van der Waals surface area contributed by atoms with Gasteiger partial charge in [0, 0.05) is 17.1 Å². The number of para-hydroxylation sites is 1. The lowest BCUT2D eigenvalue weighted by Crippen LogP contribution is -2.24. The van der Waals surface area contributed by atoms with Gasteiger partial charge in [-0.25, -0.2) is 15.2 Å². The van der Waals surface area contributed by atoms with Gasteiger partial charge in [-0.3, -0.25) is 4.79 Å². The molecule has 0 bridgehead atoms. The van der Waals surface area contributed by atoms with Gasteiger partial charge in [0.15, 0.2) is 5.76 Å². The lowest BCUT2D eigenvalue weighted by atomic mass is 10.0. The van der Waals surface area contributed by atoms with E-state index >= 15 is 0 Å². The molecule has 0 aliphatic heterocycles. The van der Waals surface area contributed by atoms with Gasteiger partial charge < -0.3 is 9.15 Å². The Balaban J connectivity index is 1.45. The Hall–Kier alpha value is -4.72. The number of nitrogens with one attached hydrogen (secondary N) is 1. The first-order valence-electron chi connectivity index (χ1n) is 11.4. The van der Waals surface area contributed by atoms with Crippen molar-refractivity contribution in [2.45, 2.75) is 26.4 Å². The van der Waals surface area contributed by atoms with E-state index in [-0.39, 0.29) is 5.91 Å². The molecular weight excluding hydrogens is 456 g/mol. The summed E-state index contributed by atoms with van der Waals surface area (Å²) in [6, 6.07) is 21.5. The van der Waals surface area contributed by atoms with E-state index in [1.165, 1.54) is 4.79 Å².